The highest BCUT2D eigenvalue weighted by Crippen LogP contribution is 2.44. The number of piperazine rings is 1. The smallest absolute Gasteiger partial charge is 0.231 e. The van der Waals surface area contributed by atoms with Crippen molar-refractivity contribution in [3.8, 4) is 23.0 Å². The maximum absolute atomic E-state index is 5.77. The molecule has 3 aliphatic heterocycles. The molecule has 6 N–H and O–H groups in total. The molecule has 0 bridgehead atoms. The van der Waals surface area contributed by atoms with E-state index in [4.69, 9.17) is 54.9 Å². The Bertz CT molecular complexity index is 1150. The Morgan fingerprint density at radius 2 is 1.14 bits per heavy atom. The summed E-state index contributed by atoms with van der Waals surface area (Å²) >= 11 is 9.59. The van der Waals surface area contributed by atoms with Gasteiger partial charge < -0.3 is 40.2 Å². The molecule has 12 nitrogen and oxygen atoms in total. The average molecular weight is 529 g/mol. The van der Waals surface area contributed by atoms with Crippen LogP contribution in [0.15, 0.2) is 34.5 Å². The van der Waals surface area contributed by atoms with Crippen molar-refractivity contribution in [3.05, 3.63) is 35.4 Å². The second-order valence-electron chi connectivity index (χ2n) is 7.99. The van der Waals surface area contributed by atoms with Crippen LogP contribution in [0.25, 0.3) is 0 Å². The molecule has 0 atom stereocenters. The molecule has 36 heavy (non-hydrogen) atoms. The minimum Gasteiger partial charge on any atom is -0.453 e. The molecule has 0 spiro atoms. The number of fused-ring (bicyclic) bond motifs is 2. The number of ether oxygens (including phenoxy) is 4. The monoisotopic (exact) mass is 528 g/mol. The first kappa shape index (κ1) is 23.7. The molecule has 0 amide bonds. The lowest BCUT2D eigenvalue weighted by Crippen LogP contribution is -2.46. The van der Waals surface area contributed by atoms with Gasteiger partial charge in [-0.2, -0.15) is 10.2 Å². The summed E-state index contributed by atoms with van der Waals surface area (Å²) in [6.07, 6.45) is 3.28. The number of hydrazone groups is 2. The molecule has 188 valence electrons. The van der Waals surface area contributed by atoms with Gasteiger partial charge in [-0.1, -0.05) is 0 Å². The Kier molecular flexibility index (Phi) is 6.77. The first-order chi connectivity index (χ1) is 17.5. The minimum atomic E-state index is 0.0960. The van der Waals surface area contributed by atoms with Crippen molar-refractivity contribution < 1.29 is 18.9 Å². The topological polar surface area (TPSA) is 144 Å². The van der Waals surface area contributed by atoms with E-state index in [1.807, 2.05) is 24.3 Å². The molecule has 2 aromatic carbocycles. The maximum Gasteiger partial charge on any atom is 0.231 e. The third-order valence-electron chi connectivity index (χ3n) is 5.69. The summed E-state index contributed by atoms with van der Waals surface area (Å²) in [7, 11) is 0. The van der Waals surface area contributed by atoms with Gasteiger partial charge in [-0.25, -0.2) is 0 Å². The summed E-state index contributed by atoms with van der Waals surface area (Å²) in [5.74, 6) is 2.80. The van der Waals surface area contributed by atoms with Crippen LogP contribution < -0.4 is 51.1 Å². The van der Waals surface area contributed by atoms with Crippen molar-refractivity contribution in [2.45, 2.75) is 0 Å². The number of hydrogen-bond acceptors (Lipinski definition) is 10. The van der Waals surface area contributed by atoms with Crippen LogP contribution in [-0.2, 0) is 0 Å². The molecule has 0 saturated carbocycles. The molecule has 3 aliphatic rings. The predicted octanol–water partition coefficient (Wildman–Crippen LogP) is 0.805. The number of nitrogens with zero attached hydrogens (tertiary/aromatic N) is 4. The Hall–Kier alpha value is -4.04. The van der Waals surface area contributed by atoms with Crippen molar-refractivity contribution in [1.29, 1.82) is 0 Å². The van der Waals surface area contributed by atoms with Crippen LogP contribution in [0.2, 0.25) is 0 Å². The highest BCUT2D eigenvalue weighted by atomic mass is 32.1. The van der Waals surface area contributed by atoms with E-state index in [1.165, 1.54) is 0 Å². The number of thiocarbonyl (C=S) groups is 2. The summed E-state index contributed by atoms with van der Waals surface area (Å²) in [5, 5.41) is 8.31. The molecule has 2 aromatic rings. The lowest BCUT2D eigenvalue weighted by atomic mass is 10.1. The molecule has 5 rings (SSSR count). The van der Waals surface area contributed by atoms with E-state index in [-0.39, 0.29) is 23.8 Å². The van der Waals surface area contributed by atoms with Gasteiger partial charge in [0, 0.05) is 37.3 Å². The highest BCUT2D eigenvalue weighted by molar-refractivity contribution is 7.80. The van der Waals surface area contributed by atoms with Gasteiger partial charge in [0.15, 0.2) is 33.2 Å². The lowest BCUT2D eigenvalue weighted by Gasteiger charge is -2.38. The standard InChI is InChI=1S/C22H24N8O4S2/c23-21(35)27-25-9-13-5-15(19-17(7-13)31-11-33-19)29-1-2-30(4-3-29)16-6-14(10-26-28-22(24)36)8-18-20(16)34-12-32-18/h5-10H,1-4,11-12H2,(H3,23,27,35)(H3,24,28,36)/b25-9+,26-10+. The lowest BCUT2D eigenvalue weighted by molar-refractivity contribution is 0.173. The molecular weight excluding hydrogens is 504 g/mol. The van der Waals surface area contributed by atoms with Crippen LogP contribution in [-0.4, -0.2) is 62.4 Å². The van der Waals surface area contributed by atoms with Crippen LogP contribution in [0.5, 0.6) is 23.0 Å². The molecule has 14 heteroatoms. The molecule has 1 fully saturated rings. The molecule has 0 unspecified atom stereocenters. The SMILES string of the molecule is NC(=S)N/N=C/c1cc2c(c(N3CCN(c4cc(/C=N/NC(N)=S)cc5c4OCO5)CC3)c1)OCO2. The molecule has 0 radical (unpaired) electrons. The Morgan fingerprint density at radius 1 is 0.722 bits per heavy atom. The first-order valence-electron chi connectivity index (χ1n) is 11.0. The molecular formula is C22H24N8O4S2. The first-order valence-corrected chi connectivity index (χ1v) is 11.8. The number of nitrogens with two attached hydrogens (primary N) is 2. The predicted molar refractivity (Wildman–Crippen MR) is 145 cm³/mol. The molecule has 0 aliphatic carbocycles. The third-order valence-corrected chi connectivity index (χ3v) is 5.87. The Labute approximate surface area is 217 Å². The van der Waals surface area contributed by atoms with Gasteiger partial charge in [0.1, 0.15) is 0 Å². The van der Waals surface area contributed by atoms with E-state index in [0.29, 0.717) is 11.5 Å². The fourth-order valence-corrected chi connectivity index (χ4v) is 4.28. The molecule has 3 heterocycles. The van der Waals surface area contributed by atoms with Gasteiger partial charge in [-0.05, 0) is 48.7 Å². The summed E-state index contributed by atoms with van der Waals surface area (Å²) in [6, 6.07) is 7.75. The fraction of sp³-hybridized carbons (Fsp3) is 0.273. The highest BCUT2D eigenvalue weighted by Gasteiger charge is 2.29. The van der Waals surface area contributed by atoms with Crippen molar-refractivity contribution in [2.24, 2.45) is 21.7 Å². The van der Waals surface area contributed by atoms with E-state index in [1.54, 1.807) is 12.4 Å². The van der Waals surface area contributed by atoms with Crippen molar-refractivity contribution in [1.82, 2.24) is 10.9 Å². The zero-order valence-corrected chi connectivity index (χ0v) is 20.7. The van der Waals surface area contributed by atoms with Crippen LogP contribution in [0.1, 0.15) is 11.1 Å². The normalized spacial score (nSPS) is 16.1. The average Bonchev–Trinajstić information content (AvgIpc) is 3.52. The maximum atomic E-state index is 5.77. The van der Waals surface area contributed by atoms with E-state index in [0.717, 1.165) is 60.2 Å². The van der Waals surface area contributed by atoms with Gasteiger partial charge in [-0.15, -0.1) is 0 Å². The summed E-state index contributed by atoms with van der Waals surface area (Å²) in [6.45, 7) is 3.35. The second kappa shape index (κ2) is 10.3. The largest absolute Gasteiger partial charge is 0.453 e. The number of benzene rings is 2. The van der Waals surface area contributed by atoms with E-state index >= 15 is 0 Å². The van der Waals surface area contributed by atoms with Gasteiger partial charge in [0.25, 0.3) is 0 Å². The van der Waals surface area contributed by atoms with E-state index in [9.17, 15) is 0 Å². The number of rotatable bonds is 6. The van der Waals surface area contributed by atoms with Crippen molar-refractivity contribution >= 4 is 58.5 Å². The van der Waals surface area contributed by atoms with Crippen LogP contribution in [0, 0.1) is 0 Å². The second-order valence-corrected chi connectivity index (χ2v) is 8.87. The van der Waals surface area contributed by atoms with Gasteiger partial charge >= 0.3 is 0 Å². The van der Waals surface area contributed by atoms with E-state index in [2.05, 4.69) is 30.9 Å². The quantitative estimate of drug-likeness (QED) is 0.239. The molecule has 1 saturated heterocycles. The summed E-state index contributed by atoms with van der Waals surface area (Å²) in [4.78, 5) is 4.52. The minimum absolute atomic E-state index is 0.0960. The van der Waals surface area contributed by atoms with Crippen LogP contribution >= 0.6 is 24.4 Å². The Balaban J connectivity index is 1.34. The number of hydrogen-bond donors (Lipinski definition) is 4. The van der Waals surface area contributed by atoms with Crippen LogP contribution in [0.3, 0.4) is 0 Å². The summed E-state index contributed by atoms with van der Waals surface area (Å²) < 4.78 is 22.8. The fourth-order valence-electron chi connectivity index (χ4n) is 4.17. The molecule has 0 aromatic heterocycles. The zero-order valence-electron chi connectivity index (χ0n) is 19.1. The van der Waals surface area contributed by atoms with E-state index < -0.39 is 0 Å². The Morgan fingerprint density at radius 3 is 1.53 bits per heavy atom. The van der Waals surface area contributed by atoms with Crippen molar-refractivity contribution in [3.63, 3.8) is 0 Å². The van der Waals surface area contributed by atoms with Crippen molar-refractivity contribution in [2.75, 3.05) is 49.6 Å². The zero-order chi connectivity index (χ0) is 25.1. The van der Waals surface area contributed by atoms with Gasteiger partial charge in [-0.3, -0.25) is 10.9 Å². The van der Waals surface area contributed by atoms with Gasteiger partial charge in [0.2, 0.25) is 13.6 Å². The number of anilines is 2. The number of nitrogens with one attached hydrogen (secondary N) is 2. The third kappa shape index (κ3) is 5.13. The summed E-state index contributed by atoms with van der Waals surface area (Å²) in [5.41, 5.74) is 19.6. The van der Waals surface area contributed by atoms with Crippen LogP contribution in [0.4, 0.5) is 11.4 Å². The van der Waals surface area contributed by atoms with Gasteiger partial charge in [0.05, 0.1) is 23.8 Å².